The number of fused-ring (bicyclic) bond motifs is 1. The van der Waals surface area contributed by atoms with Gasteiger partial charge >= 0.3 is 0 Å². The van der Waals surface area contributed by atoms with E-state index < -0.39 is 0 Å². The molecule has 168 valence electrons. The number of amides is 2. The van der Waals surface area contributed by atoms with E-state index in [1.54, 1.807) is 4.90 Å². The third-order valence-corrected chi connectivity index (χ3v) is 5.32. The second-order valence-electron chi connectivity index (χ2n) is 8.00. The predicted octanol–water partition coefficient (Wildman–Crippen LogP) is 2.03. The van der Waals surface area contributed by atoms with E-state index in [1.807, 2.05) is 25.3 Å². The van der Waals surface area contributed by atoms with Crippen LogP contribution < -0.4 is 21.2 Å². The largest absolute Gasteiger partial charge is 0.487 e. The summed E-state index contributed by atoms with van der Waals surface area (Å²) >= 11 is 0. The Balaban J connectivity index is 2.24. The molecule has 0 atom stereocenters. The summed E-state index contributed by atoms with van der Waals surface area (Å²) in [7, 11) is 0. The summed E-state index contributed by atoms with van der Waals surface area (Å²) in [6.07, 6.45) is 4.78. The van der Waals surface area contributed by atoms with Crippen LogP contribution in [0.5, 0.6) is 5.75 Å². The second-order valence-corrected chi connectivity index (χ2v) is 8.00. The Morgan fingerprint density at radius 1 is 1.20 bits per heavy atom. The van der Waals surface area contributed by atoms with Gasteiger partial charge in [-0.05, 0) is 39.7 Å². The van der Waals surface area contributed by atoms with Gasteiger partial charge in [-0.1, -0.05) is 19.8 Å². The van der Waals surface area contributed by atoms with Crippen LogP contribution in [0.3, 0.4) is 0 Å². The molecule has 0 fully saturated rings. The normalized spacial score (nSPS) is 13.5. The van der Waals surface area contributed by atoms with Gasteiger partial charge in [0.1, 0.15) is 0 Å². The summed E-state index contributed by atoms with van der Waals surface area (Å²) in [5, 5.41) is 2.88. The van der Waals surface area contributed by atoms with E-state index in [0.717, 1.165) is 32.1 Å². The molecule has 0 aromatic carbocycles. The van der Waals surface area contributed by atoms with E-state index in [1.165, 1.54) is 6.07 Å². The second kappa shape index (κ2) is 11.7. The Morgan fingerprint density at radius 3 is 2.63 bits per heavy atom. The van der Waals surface area contributed by atoms with Gasteiger partial charge in [0.15, 0.2) is 11.4 Å². The fourth-order valence-electron chi connectivity index (χ4n) is 3.57. The molecular weight excluding hydrogens is 384 g/mol. The number of hydrogen-bond acceptors (Lipinski definition) is 5. The molecule has 0 bridgehead atoms. The maximum Gasteiger partial charge on any atom is 0.274 e. The zero-order chi connectivity index (χ0) is 22.1. The number of pyridine rings is 1. The van der Waals surface area contributed by atoms with Gasteiger partial charge in [0.2, 0.25) is 11.3 Å². The maximum atomic E-state index is 13.1. The van der Waals surface area contributed by atoms with Crippen LogP contribution in [0, 0.1) is 0 Å². The van der Waals surface area contributed by atoms with Crippen molar-refractivity contribution in [3.63, 3.8) is 0 Å². The first-order valence-corrected chi connectivity index (χ1v) is 11.1. The monoisotopic (exact) mass is 420 g/mol. The third-order valence-electron chi connectivity index (χ3n) is 5.32. The van der Waals surface area contributed by atoms with E-state index >= 15 is 0 Å². The van der Waals surface area contributed by atoms with Crippen LogP contribution >= 0.6 is 0 Å². The van der Waals surface area contributed by atoms with Crippen LogP contribution in [-0.4, -0.2) is 47.0 Å². The van der Waals surface area contributed by atoms with Gasteiger partial charge < -0.3 is 25.3 Å². The molecule has 0 spiro atoms. The number of nitrogens with two attached hydrogens (primary N) is 1. The van der Waals surface area contributed by atoms with Crippen LogP contribution in [0.1, 0.15) is 75.5 Å². The van der Waals surface area contributed by atoms with Crippen LogP contribution in [0.15, 0.2) is 10.9 Å². The number of hydrogen-bond donors (Lipinski definition) is 2. The average Bonchev–Trinajstić information content (AvgIpc) is 2.71. The number of nitrogens with one attached hydrogen (secondary N) is 1. The van der Waals surface area contributed by atoms with Crippen LogP contribution in [0.25, 0.3) is 0 Å². The zero-order valence-electron chi connectivity index (χ0n) is 18.5. The van der Waals surface area contributed by atoms with Crippen molar-refractivity contribution in [2.75, 3.05) is 19.7 Å². The van der Waals surface area contributed by atoms with Gasteiger partial charge in [-0.25, -0.2) is 0 Å². The lowest BCUT2D eigenvalue weighted by molar-refractivity contribution is -0.121. The lowest BCUT2D eigenvalue weighted by atomic mass is 10.1. The van der Waals surface area contributed by atoms with Crippen molar-refractivity contribution in [2.45, 2.75) is 78.4 Å². The van der Waals surface area contributed by atoms with Gasteiger partial charge in [0.05, 0.1) is 13.2 Å². The minimum atomic E-state index is -0.316. The van der Waals surface area contributed by atoms with Crippen molar-refractivity contribution in [3.8, 4) is 5.75 Å². The molecule has 8 heteroatoms. The van der Waals surface area contributed by atoms with E-state index in [-0.39, 0.29) is 35.6 Å². The minimum absolute atomic E-state index is 0.0294. The predicted molar refractivity (Wildman–Crippen MR) is 117 cm³/mol. The molecule has 3 N–H and O–H groups in total. The number of rotatable bonds is 12. The van der Waals surface area contributed by atoms with Crippen molar-refractivity contribution < 1.29 is 14.3 Å². The Hall–Kier alpha value is -2.35. The highest BCUT2D eigenvalue weighted by Crippen LogP contribution is 2.24. The Morgan fingerprint density at radius 2 is 1.97 bits per heavy atom. The van der Waals surface area contributed by atoms with Crippen LogP contribution in [0.4, 0.5) is 0 Å². The van der Waals surface area contributed by atoms with E-state index in [0.29, 0.717) is 44.0 Å². The first kappa shape index (κ1) is 23.9. The Bertz CT molecular complexity index is 788. The smallest absolute Gasteiger partial charge is 0.274 e. The van der Waals surface area contributed by atoms with Crippen molar-refractivity contribution in [1.29, 1.82) is 0 Å². The lowest BCUT2D eigenvalue weighted by Crippen LogP contribution is -2.46. The molecule has 30 heavy (non-hydrogen) atoms. The molecule has 0 saturated carbocycles. The first-order chi connectivity index (χ1) is 14.4. The average molecular weight is 421 g/mol. The van der Waals surface area contributed by atoms with Gasteiger partial charge in [-0.3, -0.25) is 14.4 Å². The molecule has 1 aliphatic rings. The fourth-order valence-corrected chi connectivity index (χ4v) is 3.57. The standard InChI is InChI=1S/C22H36N4O4/c1-4-5-13-30-21-18(27)14-17(15-24-19(28)9-7-6-8-10-23)26-12-11-25(16(2)3)22(29)20(21)26/h14,16H,4-13,15,23H2,1-3H3,(H,24,28). The Labute approximate surface area is 178 Å². The lowest BCUT2D eigenvalue weighted by Gasteiger charge is -2.35. The quantitative estimate of drug-likeness (QED) is 0.503. The molecule has 8 nitrogen and oxygen atoms in total. The molecular formula is C22H36N4O4. The van der Waals surface area contributed by atoms with E-state index in [4.69, 9.17) is 10.5 Å². The molecule has 2 heterocycles. The number of nitrogens with zero attached hydrogens (tertiary/aromatic N) is 2. The van der Waals surface area contributed by atoms with Gasteiger partial charge in [-0.2, -0.15) is 0 Å². The SMILES string of the molecule is CCCCOc1c2n(c(CNC(=O)CCCCCN)cc1=O)CCN(C(C)C)C2=O. The summed E-state index contributed by atoms with van der Waals surface area (Å²) in [6, 6.07) is 1.51. The molecule has 2 amide bonds. The summed E-state index contributed by atoms with van der Waals surface area (Å²) in [4.78, 5) is 39.8. The summed E-state index contributed by atoms with van der Waals surface area (Å²) in [6.45, 7) is 8.31. The molecule has 2 rings (SSSR count). The molecule has 0 radical (unpaired) electrons. The highest BCUT2D eigenvalue weighted by molar-refractivity contribution is 5.96. The number of carbonyl (C=O) groups excluding carboxylic acids is 2. The molecule has 0 aliphatic carbocycles. The number of unbranched alkanes of at least 4 members (excludes halogenated alkanes) is 3. The highest BCUT2D eigenvalue weighted by Gasteiger charge is 2.32. The topological polar surface area (TPSA) is 107 Å². The van der Waals surface area contributed by atoms with E-state index in [9.17, 15) is 14.4 Å². The minimum Gasteiger partial charge on any atom is -0.487 e. The molecule has 1 aromatic rings. The van der Waals surface area contributed by atoms with Crippen LogP contribution in [-0.2, 0) is 17.9 Å². The van der Waals surface area contributed by atoms with Crippen molar-refractivity contribution in [1.82, 2.24) is 14.8 Å². The van der Waals surface area contributed by atoms with Gasteiger partial charge in [0.25, 0.3) is 5.91 Å². The number of aromatic nitrogens is 1. The zero-order valence-corrected chi connectivity index (χ0v) is 18.5. The number of carbonyl (C=O) groups is 2. The summed E-state index contributed by atoms with van der Waals surface area (Å²) in [5.41, 5.74) is 6.09. The summed E-state index contributed by atoms with van der Waals surface area (Å²) < 4.78 is 7.58. The Kier molecular flexibility index (Phi) is 9.36. The molecule has 1 aliphatic heterocycles. The first-order valence-electron chi connectivity index (χ1n) is 11.1. The molecule has 0 unspecified atom stereocenters. The van der Waals surface area contributed by atoms with Crippen molar-refractivity contribution in [3.05, 3.63) is 27.7 Å². The van der Waals surface area contributed by atoms with E-state index in [2.05, 4.69) is 5.32 Å². The van der Waals surface area contributed by atoms with Gasteiger partial charge in [0, 0.05) is 37.3 Å². The van der Waals surface area contributed by atoms with Gasteiger partial charge in [-0.15, -0.1) is 0 Å². The van der Waals surface area contributed by atoms with Crippen molar-refractivity contribution in [2.24, 2.45) is 5.73 Å². The fraction of sp³-hybridized carbons (Fsp3) is 0.682. The third kappa shape index (κ3) is 6.08. The molecule has 0 saturated heterocycles. The van der Waals surface area contributed by atoms with Crippen LogP contribution in [0.2, 0.25) is 0 Å². The summed E-state index contributed by atoms with van der Waals surface area (Å²) in [5.74, 6) is -0.145. The molecule has 1 aromatic heterocycles. The van der Waals surface area contributed by atoms with Crippen molar-refractivity contribution >= 4 is 11.8 Å². The number of ether oxygens (including phenoxy) is 1. The maximum absolute atomic E-state index is 13.1. The highest BCUT2D eigenvalue weighted by atomic mass is 16.5.